The lowest BCUT2D eigenvalue weighted by Gasteiger charge is -2.23. The predicted molar refractivity (Wildman–Crippen MR) is 159 cm³/mol. The third-order valence-corrected chi connectivity index (χ3v) is 7.89. The van der Waals surface area contributed by atoms with Crippen molar-refractivity contribution in [3.05, 3.63) is 88.0 Å². The summed E-state index contributed by atoms with van der Waals surface area (Å²) in [6, 6.07) is 14.0. The first-order valence-corrected chi connectivity index (χ1v) is 14.6. The Morgan fingerprint density at radius 1 is 1.15 bits per heavy atom. The summed E-state index contributed by atoms with van der Waals surface area (Å²) in [6.45, 7) is 8.19. The zero-order chi connectivity index (χ0) is 27.9. The Balaban J connectivity index is 1.45. The molecular formula is C27H26Cl2N6O2S2. The maximum atomic E-state index is 13.0. The molecule has 12 heteroatoms. The van der Waals surface area contributed by atoms with Gasteiger partial charge in [0.25, 0.3) is 5.91 Å². The average Bonchev–Trinajstić information content (AvgIpc) is 3.53. The number of halogens is 2. The Hall–Kier alpha value is -3.18. The van der Waals surface area contributed by atoms with Crippen LogP contribution in [0.5, 0.6) is 0 Å². The summed E-state index contributed by atoms with van der Waals surface area (Å²) >= 11 is 14.8. The molecule has 0 unspecified atom stereocenters. The van der Waals surface area contributed by atoms with Gasteiger partial charge < -0.3 is 15.2 Å². The zero-order valence-corrected chi connectivity index (χ0v) is 24.4. The van der Waals surface area contributed by atoms with E-state index in [0.29, 0.717) is 33.2 Å². The van der Waals surface area contributed by atoms with Crippen LogP contribution >= 0.6 is 46.3 Å². The van der Waals surface area contributed by atoms with Crippen LogP contribution in [0.2, 0.25) is 10.0 Å². The first kappa shape index (κ1) is 28.8. The van der Waals surface area contributed by atoms with Crippen LogP contribution in [-0.4, -0.2) is 37.3 Å². The van der Waals surface area contributed by atoms with Gasteiger partial charge in [-0.25, -0.2) is 4.98 Å². The lowest BCUT2D eigenvalue weighted by Crippen LogP contribution is -2.34. The van der Waals surface area contributed by atoms with Crippen molar-refractivity contribution < 1.29 is 9.59 Å². The van der Waals surface area contributed by atoms with Gasteiger partial charge in [-0.2, -0.15) is 0 Å². The number of nitrogens with one attached hydrogen (secondary N) is 2. The molecule has 39 heavy (non-hydrogen) atoms. The molecule has 8 nitrogen and oxygen atoms in total. The van der Waals surface area contributed by atoms with Crippen LogP contribution in [0.25, 0.3) is 11.3 Å². The summed E-state index contributed by atoms with van der Waals surface area (Å²) in [5.74, 6) is 0.0794. The number of rotatable bonds is 11. The van der Waals surface area contributed by atoms with E-state index >= 15 is 0 Å². The van der Waals surface area contributed by atoms with E-state index in [0.717, 1.165) is 11.3 Å². The number of nitrogens with zero attached hydrogens (tertiary/aromatic N) is 4. The third kappa shape index (κ3) is 7.27. The number of anilines is 1. The van der Waals surface area contributed by atoms with Crippen LogP contribution in [0.4, 0.5) is 5.13 Å². The molecule has 0 bridgehead atoms. The van der Waals surface area contributed by atoms with Gasteiger partial charge in [-0.15, -0.1) is 28.1 Å². The summed E-state index contributed by atoms with van der Waals surface area (Å²) in [4.78, 5) is 30.2. The number of thioether (sulfide) groups is 1. The number of benzene rings is 2. The van der Waals surface area contributed by atoms with E-state index in [1.807, 2.05) is 54.1 Å². The monoisotopic (exact) mass is 600 g/mol. The van der Waals surface area contributed by atoms with Gasteiger partial charge in [-0.3, -0.25) is 9.59 Å². The topological polar surface area (TPSA) is 102 Å². The van der Waals surface area contributed by atoms with Crippen LogP contribution in [0.3, 0.4) is 0 Å². The highest BCUT2D eigenvalue weighted by atomic mass is 35.5. The molecule has 2 heterocycles. The lowest BCUT2D eigenvalue weighted by molar-refractivity contribution is -0.113. The van der Waals surface area contributed by atoms with Crippen molar-refractivity contribution in [1.82, 2.24) is 25.1 Å². The van der Waals surface area contributed by atoms with E-state index in [4.69, 9.17) is 23.2 Å². The van der Waals surface area contributed by atoms with Gasteiger partial charge in [0, 0.05) is 22.5 Å². The van der Waals surface area contributed by atoms with E-state index in [2.05, 4.69) is 32.4 Å². The molecule has 4 aromatic rings. The van der Waals surface area contributed by atoms with Gasteiger partial charge in [0.2, 0.25) is 5.91 Å². The van der Waals surface area contributed by atoms with Crippen molar-refractivity contribution >= 4 is 63.2 Å². The second-order valence-corrected chi connectivity index (χ2v) is 11.4. The second-order valence-electron chi connectivity index (χ2n) is 8.80. The molecule has 0 aliphatic carbocycles. The highest BCUT2D eigenvalue weighted by molar-refractivity contribution is 7.99. The number of hydrogen-bond acceptors (Lipinski definition) is 7. The molecule has 0 fully saturated rings. The molecule has 0 aliphatic rings. The lowest BCUT2D eigenvalue weighted by atomic mass is 10.0. The minimum Gasteiger partial charge on any atom is -0.342 e. The maximum absolute atomic E-state index is 13.0. The highest BCUT2D eigenvalue weighted by Crippen LogP contribution is 2.28. The summed E-state index contributed by atoms with van der Waals surface area (Å²) < 4.78 is 1.84. The first-order valence-electron chi connectivity index (χ1n) is 12.0. The van der Waals surface area contributed by atoms with Crippen molar-refractivity contribution in [3.8, 4) is 11.3 Å². The molecule has 0 spiro atoms. The Bertz CT molecular complexity index is 1470. The Labute approximate surface area is 244 Å². The van der Waals surface area contributed by atoms with Gasteiger partial charge in [0.15, 0.2) is 16.1 Å². The smallest absolute Gasteiger partial charge is 0.253 e. The fourth-order valence-electron chi connectivity index (χ4n) is 3.72. The van der Waals surface area contributed by atoms with Crippen LogP contribution in [0.1, 0.15) is 36.1 Å². The quantitative estimate of drug-likeness (QED) is 0.146. The van der Waals surface area contributed by atoms with Crippen LogP contribution in [-0.2, 0) is 11.3 Å². The van der Waals surface area contributed by atoms with Crippen molar-refractivity contribution in [2.24, 2.45) is 5.92 Å². The Kier molecular flexibility index (Phi) is 9.79. The molecule has 0 aliphatic heterocycles. The molecule has 4 rings (SSSR count). The van der Waals surface area contributed by atoms with Crippen LogP contribution in [0, 0.1) is 5.92 Å². The van der Waals surface area contributed by atoms with Gasteiger partial charge in [0.1, 0.15) is 0 Å². The third-order valence-electron chi connectivity index (χ3n) is 5.62. The van der Waals surface area contributed by atoms with Gasteiger partial charge in [-0.05, 0) is 24.1 Å². The largest absolute Gasteiger partial charge is 0.342 e. The van der Waals surface area contributed by atoms with Gasteiger partial charge in [-0.1, -0.05) is 85.2 Å². The van der Waals surface area contributed by atoms with E-state index in [1.54, 1.807) is 18.2 Å². The van der Waals surface area contributed by atoms with Crippen molar-refractivity contribution in [2.75, 3.05) is 11.1 Å². The normalized spacial score (nSPS) is 11.8. The Morgan fingerprint density at radius 3 is 2.62 bits per heavy atom. The van der Waals surface area contributed by atoms with Crippen LogP contribution < -0.4 is 10.6 Å². The number of aromatic nitrogens is 4. The minimum absolute atomic E-state index is 0.0161. The number of carbonyl (C=O) groups is 2. The average molecular weight is 602 g/mol. The molecule has 2 amide bonds. The van der Waals surface area contributed by atoms with Crippen molar-refractivity contribution in [2.45, 2.75) is 31.6 Å². The fraction of sp³-hybridized carbons (Fsp3) is 0.222. The molecule has 2 N–H and O–H groups in total. The Morgan fingerprint density at radius 2 is 1.92 bits per heavy atom. The molecule has 0 radical (unpaired) electrons. The fourth-order valence-corrected chi connectivity index (χ4v) is 5.70. The summed E-state index contributed by atoms with van der Waals surface area (Å²) in [7, 11) is 0. The number of allylic oxidation sites excluding steroid dienone is 1. The molecule has 202 valence electrons. The zero-order valence-electron chi connectivity index (χ0n) is 21.2. The summed E-state index contributed by atoms with van der Waals surface area (Å²) in [6.07, 6.45) is 1.72. The van der Waals surface area contributed by atoms with E-state index in [-0.39, 0.29) is 28.5 Å². The van der Waals surface area contributed by atoms with Gasteiger partial charge in [0.05, 0.1) is 28.1 Å². The molecule has 2 aromatic heterocycles. The second kappa shape index (κ2) is 13.3. The van der Waals surface area contributed by atoms with Gasteiger partial charge >= 0.3 is 0 Å². The molecular weight excluding hydrogens is 575 g/mol. The standard InChI is InChI=1S/C27H26Cl2N6O2S2/c1-4-12-35-24(23(16(2)3)32-25(37)19-11-10-18(28)13-20(19)29)33-34-27(35)39-15-22(36)31-26-30-21(14-38-26)17-8-6-5-7-9-17/h4-11,13-14,16,23H,1,12,15H2,2-3H3,(H,32,37)(H,30,31,36)/t23-/m0/s1. The molecule has 0 saturated carbocycles. The number of carbonyl (C=O) groups excluding carboxylic acids is 2. The molecule has 2 aromatic carbocycles. The van der Waals surface area contributed by atoms with E-state index in [9.17, 15) is 9.59 Å². The van der Waals surface area contributed by atoms with E-state index in [1.165, 1.54) is 29.2 Å². The van der Waals surface area contributed by atoms with Crippen molar-refractivity contribution in [1.29, 1.82) is 0 Å². The molecule has 1 atom stereocenters. The number of thiazole rings is 1. The predicted octanol–water partition coefficient (Wildman–Crippen LogP) is 6.75. The number of hydrogen-bond donors (Lipinski definition) is 2. The minimum atomic E-state index is -0.466. The maximum Gasteiger partial charge on any atom is 0.253 e. The van der Waals surface area contributed by atoms with Crippen LogP contribution in [0.15, 0.2) is 71.7 Å². The van der Waals surface area contributed by atoms with Crippen molar-refractivity contribution in [3.63, 3.8) is 0 Å². The first-order chi connectivity index (χ1) is 18.8. The summed E-state index contributed by atoms with van der Waals surface area (Å²) in [5, 5.41) is 18.2. The summed E-state index contributed by atoms with van der Waals surface area (Å²) in [5.41, 5.74) is 2.10. The number of amides is 2. The SMILES string of the molecule is C=CCn1c(SCC(=O)Nc2nc(-c3ccccc3)cs2)nnc1[C@@H](NC(=O)c1ccc(Cl)cc1Cl)C(C)C. The highest BCUT2D eigenvalue weighted by Gasteiger charge is 2.27. The molecule has 0 saturated heterocycles. The van der Waals surface area contributed by atoms with E-state index < -0.39 is 6.04 Å².